The molecule has 2 aliphatic heterocycles. The summed E-state index contributed by atoms with van der Waals surface area (Å²) in [5, 5.41) is 0. The maximum absolute atomic E-state index is 12.6. The first kappa shape index (κ1) is 20.4. The molecule has 7 nitrogen and oxygen atoms in total. The molecule has 0 spiro atoms. The molecule has 160 valence electrons. The zero-order valence-electron chi connectivity index (χ0n) is 17.7. The number of anilines is 2. The van der Waals surface area contributed by atoms with Crippen LogP contribution in [0.1, 0.15) is 70.3 Å². The van der Waals surface area contributed by atoms with Gasteiger partial charge in [-0.05, 0) is 57.5 Å². The van der Waals surface area contributed by atoms with Gasteiger partial charge in [0.1, 0.15) is 11.6 Å². The van der Waals surface area contributed by atoms with E-state index < -0.39 is 0 Å². The van der Waals surface area contributed by atoms with Gasteiger partial charge in [-0.2, -0.15) is 9.97 Å². The van der Waals surface area contributed by atoms with Crippen LogP contribution >= 0.6 is 0 Å². The Morgan fingerprint density at radius 3 is 2.62 bits per heavy atom. The molecule has 1 amide bonds. The third kappa shape index (κ3) is 4.65. The highest BCUT2D eigenvalue weighted by Gasteiger charge is 2.33. The lowest BCUT2D eigenvalue weighted by Gasteiger charge is -2.36. The third-order valence-corrected chi connectivity index (χ3v) is 6.86. The molecule has 4 rings (SSSR count). The minimum atomic E-state index is 0.0788. The van der Waals surface area contributed by atoms with Gasteiger partial charge in [-0.1, -0.05) is 26.2 Å². The zero-order chi connectivity index (χ0) is 20.2. The van der Waals surface area contributed by atoms with Crippen molar-refractivity contribution >= 4 is 17.5 Å². The van der Waals surface area contributed by atoms with Crippen molar-refractivity contribution in [2.75, 3.05) is 36.9 Å². The van der Waals surface area contributed by atoms with Crippen LogP contribution in [0.15, 0.2) is 0 Å². The maximum atomic E-state index is 12.6. The first-order chi connectivity index (χ1) is 14.2. The van der Waals surface area contributed by atoms with Crippen molar-refractivity contribution in [3.8, 4) is 6.01 Å². The number of nitrogen functional groups attached to an aromatic ring is 1. The Hall–Kier alpha value is -1.89. The number of unbranched alkanes of at least 4 members (excludes halogenated alkanes) is 1. The number of nitrogens with zero attached hydrogens (tertiary/aromatic N) is 4. The average Bonchev–Trinajstić information content (AvgIpc) is 3.36. The number of likely N-dealkylation sites (tertiary alicyclic amines) is 1. The summed E-state index contributed by atoms with van der Waals surface area (Å²) in [7, 11) is 0. The molecule has 0 bridgehead atoms. The predicted octanol–water partition coefficient (Wildman–Crippen LogP) is 3.17. The van der Waals surface area contributed by atoms with Crippen molar-refractivity contribution in [3.63, 3.8) is 0 Å². The van der Waals surface area contributed by atoms with Gasteiger partial charge in [0.25, 0.3) is 0 Å². The molecule has 1 aliphatic carbocycles. The fourth-order valence-corrected chi connectivity index (χ4v) is 5.02. The maximum Gasteiger partial charge on any atom is 0.320 e. The van der Waals surface area contributed by atoms with Gasteiger partial charge in [0.15, 0.2) is 0 Å². The molecule has 0 radical (unpaired) electrons. The Labute approximate surface area is 174 Å². The molecular formula is C22H35N5O2. The minimum absolute atomic E-state index is 0.0788. The van der Waals surface area contributed by atoms with E-state index in [-0.39, 0.29) is 5.91 Å². The van der Waals surface area contributed by atoms with Gasteiger partial charge in [0.2, 0.25) is 5.91 Å². The first-order valence-corrected chi connectivity index (χ1v) is 11.5. The number of rotatable bonds is 8. The van der Waals surface area contributed by atoms with Gasteiger partial charge in [-0.3, -0.25) is 9.69 Å². The van der Waals surface area contributed by atoms with E-state index in [0.29, 0.717) is 43.1 Å². The van der Waals surface area contributed by atoms with E-state index in [1.54, 1.807) is 0 Å². The largest absolute Gasteiger partial charge is 0.463 e. The van der Waals surface area contributed by atoms with Gasteiger partial charge >= 0.3 is 6.01 Å². The van der Waals surface area contributed by atoms with Crippen LogP contribution in [0.4, 0.5) is 11.6 Å². The second kappa shape index (κ2) is 9.28. The first-order valence-electron chi connectivity index (χ1n) is 11.5. The van der Waals surface area contributed by atoms with Crippen LogP contribution in [-0.4, -0.2) is 53.1 Å². The van der Waals surface area contributed by atoms with Crippen LogP contribution in [0.25, 0.3) is 0 Å². The average molecular weight is 402 g/mol. The Bertz CT molecular complexity index is 711. The summed E-state index contributed by atoms with van der Waals surface area (Å²) in [6.45, 7) is 5.82. The second-order valence-electron chi connectivity index (χ2n) is 8.82. The molecule has 0 aromatic carbocycles. The zero-order valence-corrected chi connectivity index (χ0v) is 17.7. The number of carbonyl (C=O) groups excluding carboxylic acids is 1. The Balaban J connectivity index is 1.33. The van der Waals surface area contributed by atoms with Gasteiger partial charge in [0, 0.05) is 18.2 Å². The summed E-state index contributed by atoms with van der Waals surface area (Å²) in [5.41, 5.74) is 6.86. The lowest BCUT2D eigenvalue weighted by molar-refractivity contribution is -0.117. The number of fused-ring (bicyclic) bond motifs is 1. The van der Waals surface area contributed by atoms with Gasteiger partial charge in [0.05, 0.1) is 13.0 Å². The number of hydrogen-bond donors (Lipinski definition) is 1. The highest BCUT2D eigenvalue weighted by molar-refractivity contribution is 6.01. The number of hydrogen-bond acceptors (Lipinski definition) is 6. The summed E-state index contributed by atoms with van der Waals surface area (Å²) >= 11 is 0. The van der Waals surface area contributed by atoms with Crippen molar-refractivity contribution in [2.24, 2.45) is 5.92 Å². The summed E-state index contributed by atoms with van der Waals surface area (Å²) in [6, 6.07) is 1.12. The van der Waals surface area contributed by atoms with Crippen LogP contribution in [0, 0.1) is 5.92 Å². The number of nitrogens with two attached hydrogens (primary N) is 1. The predicted molar refractivity (Wildman–Crippen MR) is 114 cm³/mol. The molecule has 1 aromatic heterocycles. The molecule has 3 aliphatic rings. The van der Waals surface area contributed by atoms with E-state index in [4.69, 9.17) is 10.5 Å². The van der Waals surface area contributed by atoms with Crippen LogP contribution < -0.4 is 15.4 Å². The van der Waals surface area contributed by atoms with E-state index in [9.17, 15) is 4.79 Å². The number of carbonyl (C=O) groups is 1. The molecule has 3 heterocycles. The van der Waals surface area contributed by atoms with E-state index in [2.05, 4.69) is 21.8 Å². The molecule has 1 aromatic rings. The smallest absolute Gasteiger partial charge is 0.320 e. The minimum Gasteiger partial charge on any atom is -0.463 e. The lowest BCUT2D eigenvalue weighted by atomic mass is 9.92. The quantitative estimate of drug-likeness (QED) is 0.674. The van der Waals surface area contributed by atoms with Crippen LogP contribution in [0.2, 0.25) is 0 Å². The van der Waals surface area contributed by atoms with Crippen LogP contribution in [-0.2, 0) is 11.2 Å². The Kier molecular flexibility index (Phi) is 6.53. The van der Waals surface area contributed by atoms with Gasteiger partial charge in [-0.15, -0.1) is 0 Å². The monoisotopic (exact) mass is 401 g/mol. The van der Waals surface area contributed by atoms with Gasteiger partial charge < -0.3 is 15.4 Å². The van der Waals surface area contributed by atoms with Crippen molar-refractivity contribution in [2.45, 2.75) is 77.2 Å². The molecule has 0 unspecified atom stereocenters. The van der Waals surface area contributed by atoms with E-state index in [0.717, 1.165) is 30.9 Å². The summed E-state index contributed by atoms with van der Waals surface area (Å²) in [5.74, 6) is 1.80. The highest BCUT2D eigenvalue weighted by atomic mass is 16.5. The normalized spacial score (nSPS) is 21.1. The Morgan fingerprint density at radius 1 is 1.14 bits per heavy atom. The van der Waals surface area contributed by atoms with Crippen LogP contribution in [0.5, 0.6) is 6.01 Å². The number of amides is 1. The third-order valence-electron chi connectivity index (χ3n) is 6.86. The number of ether oxygens (including phenoxy) is 1. The molecule has 29 heavy (non-hydrogen) atoms. The second-order valence-corrected chi connectivity index (χ2v) is 8.82. The summed E-state index contributed by atoms with van der Waals surface area (Å²) in [6.07, 6.45) is 11.4. The molecule has 1 saturated heterocycles. The lowest BCUT2D eigenvalue weighted by Crippen LogP contribution is -2.41. The topological polar surface area (TPSA) is 84.6 Å². The summed E-state index contributed by atoms with van der Waals surface area (Å²) < 4.78 is 5.65. The highest BCUT2D eigenvalue weighted by Crippen LogP contribution is 2.34. The van der Waals surface area contributed by atoms with Crippen LogP contribution in [0.3, 0.4) is 0 Å². The van der Waals surface area contributed by atoms with E-state index >= 15 is 0 Å². The SMILES string of the molecule is CCCCOc1nc(N)c2c(n1)N(CCC1CCN(C3CCCC3)CC1)C(=O)C2. The molecule has 2 N–H and O–H groups in total. The molecule has 0 atom stereocenters. The number of piperidine rings is 1. The fourth-order valence-electron chi connectivity index (χ4n) is 5.02. The Morgan fingerprint density at radius 2 is 1.90 bits per heavy atom. The van der Waals surface area contributed by atoms with E-state index in [1.165, 1.54) is 51.6 Å². The molecule has 2 fully saturated rings. The van der Waals surface area contributed by atoms with Crippen molar-refractivity contribution in [1.82, 2.24) is 14.9 Å². The van der Waals surface area contributed by atoms with Gasteiger partial charge in [-0.25, -0.2) is 0 Å². The van der Waals surface area contributed by atoms with Crippen molar-refractivity contribution in [1.29, 1.82) is 0 Å². The van der Waals surface area contributed by atoms with Crippen molar-refractivity contribution in [3.05, 3.63) is 5.56 Å². The fraction of sp³-hybridized carbons (Fsp3) is 0.773. The molecule has 1 saturated carbocycles. The number of aromatic nitrogens is 2. The van der Waals surface area contributed by atoms with Crippen molar-refractivity contribution < 1.29 is 9.53 Å². The van der Waals surface area contributed by atoms with E-state index in [1.807, 2.05) is 4.90 Å². The standard InChI is InChI=1S/C22H35N5O2/c1-2-3-14-29-22-24-20(23)18-15-19(28)27(21(18)25-22)13-10-16-8-11-26(12-9-16)17-6-4-5-7-17/h16-17H,2-15H2,1H3,(H2,23,24,25). The molecule has 7 heteroatoms. The molecular weight excluding hydrogens is 366 g/mol. The summed E-state index contributed by atoms with van der Waals surface area (Å²) in [4.78, 5) is 25.9.